The minimum atomic E-state index is 0. The SMILES string of the molecule is CN=C(NCc1ccc(OC)c(OC)c1)NC1CC2CCC1O2.I. The third kappa shape index (κ3) is 4.24. The Kier molecular flexibility index (Phi) is 6.97. The molecule has 2 aliphatic heterocycles. The van der Waals surface area contributed by atoms with E-state index in [4.69, 9.17) is 14.2 Å². The van der Waals surface area contributed by atoms with Crippen LogP contribution in [0.4, 0.5) is 0 Å². The second-order valence-corrected chi connectivity index (χ2v) is 5.98. The van der Waals surface area contributed by atoms with Crippen LogP contribution < -0.4 is 20.1 Å². The highest BCUT2D eigenvalue weighted by Gasteiger charge is 2.41. The Hall–Kier alpha value is -1.22. The van der Waals surface area contributed by atoms with E-state index in [1.165, 1.54) is 6.42 Å². The molecule has 0 radical (unpaired) electrons. The maximum absolute atomic E-state index is 5.87. The molecule has 1 aromatic rings. The summed E-state index contributed by atoms with van der Waals surface area (Å²) in [5.74, 6) is 2.27. The van der Waals surface area contributed by atoms with Crippen LogP contribution in [0.2, 0.25) is 0 Å². The van der Waals surface area contributed by atoms with E-state index in [-0.39, 0.29) is 24.0 Å². The minimum Gasteiger partial charge on any atom is -0.493 e. The summed E-state index contributed by atoms with van der Waals surface area (Å²) in [7, 11) is 5.07. The molecule has 3 rings (SSSR count). The Balaban J connectivity index is 0.00000208. The fraction of sp³-hybridized carbons (Fsp3) is 0.588. The number of halogens is 1. The molecule has 6 nitrogen and oxygen atoms in total. The van der Waals surface area contributed by atoms with Crippen molar-refractivity contribution in [3.63, 3.8) is 0 Å². The van der Waals surface area contributed by atoms with Crippen molar-refractivity contribution in [2.24, 2.45) is 4.99 Å². The molecule has 2 bridgehead atoms. The molecule has 24 heavy (non-hydrogen) atoms. The number of hydrogen-bond acceptors (Lipinski definition) is 4. The number of hydrogen-bond donors (Lipinski definition) is 2. The van der Waals surface area contributed by atoms with Gasteiger partial charge in [0.05, 0.1) is 32.5 Å². The third-order valence-corrected chi connectivity index (χ3v) is 4.56. The zero-order valence-corrected chi connectivity index (χ0v) is 16.7. The molecule has 2 saturated heterocycles. The lowest BCUT2D eigenvalue weighted by Gasteiger charge is -2.22. The number of fused-ring (bicyclic) bond motifs is 2. The van der Waals surface area contributed by atoms with Gasteiger partial charge in [0.2, 0.25) is 0 Å². The van der Waals surface area contributed by atoms with Gasteiger partial charge in [0, 0.05) is 13.6 Å². The summed E-state index contributed by atoms with van der Waals surface area (Å²) in [6, 6.07) is 6.27. The van der Waals surface area contributed by atoms with Gasteiger partial charge in [0.25, 0.3) is 0 Å². The normalized spacial score (nSPS) is 25.1. The summed E-state index contributed by atoms with van der Waals surface area (Å²) < 4.78 is 16.5. The first-order chi connectivity index (χ1) is 11.2. The molecule has 2 aliphatic rings. The second-order valence-electron chi connectivity index (χ2n) is 5.98. The Labute approximate surface area is 160 Å². The van der Waals surface area contributed by atoms with Crippen molar-refractivity contribution in [3.05, 3.63) is 23.8 Å². The molecule has 1 aromatic carbocycles. The average molecular weight is 447 g/mol. The molecular formula is C17H26IN3O3. The molecule has 2 N–H and O–H groups in total. The van der Waals surface area contributed by atoms with E-state index in [9.17, 15) is 0 Å². The fourth-order valence-electron chi connectivity index (χ4n) is 3.34. The predicted octanol–water partition coefficient (Wildman–Crippen LogP) is 2.31. The molecule has 7 heteroatoms. The number of guanidine groups is 1. The van der Waals surface area contributed by atoms with E-state index in [0.717, 1.165) is 35.9 Å². The van der Waals surface area contributed by atoms with Gasteiger partial charge in [-0.2, -0.15) is 0 Å². The van der Waals surface area contributed by atoms with Crippen LogP contribution in [0.25, 0.3) is 0 Å². The number of benzene rings is 1. The summed E-state index contributed by atoms with van der Waals surface area (Å²) in [6.07, 6.45) is 4.18. The topological polar surface area (TPSA) is 64.1 Å². The number of ether oxygens (including phenoxy) is 3. The molecule has 3 unspecified atom stereocenters. The van der Waals surface area contributed by atoms with Crippen molar-refractivity contribution in [2.45, 2.75) is 44.1 Å². The Morgan fingerprint density at radius 2 is 2.04 bits per heavy atom. The van der Waals surface area contributed by atoms with Gasteiger partial charge < -0.3 is 24.8 Å². The maximum atomic E-state index is 5.87. The van der Waals surface area contributed by atoms with E-state index in [2.05, 4.69) is 15.6 Å². The van der Waals surface area contributed by atoms with E-state index >= 15 is 0 Å². The van der Waals surface area contributed by atoms with Gasteiger partial charge in [-0.1, -0.05) is 6.07 Å². The second kappa shape index (κ2) is 8.75. The number of rotatable bonds is 5. The van der Waals surface area contributed by atoms with Crippen molar-refractivity contribution >= 4 is 29.9 Å². The van der Waals surface area contributed by atoms with Gasteiger partial charge in [-0.25, -0.2) is 0 Å². The van der Waals surface area contributed by atoms with Crippen LogP contribution in [0.3, 0.4) is 0 Å². The first-order valence-corrected chi connectivity index (χ1v) is 8.07. The average Bonchev–Trinajstić information content (AvgIpc) is 3.21. The van der Waals surface area contributed by atoms with Crippen LogP contribution in [-0.2, 0) is 11.3 Å². The van der Waals surface area contributed by atoms with Crippen molar-refractivity contribution in [2.75, 3.05) is 21.3 Å². The predicted molar refractivity (Wildman–Crippen MR) is 105 cm³/mol. The first-order valence-electron chi connectivity index (χ1n) is 8.07. The molecule has 0 spiro atoms. The van der Waals surface area contributed by atoms with Gasteiger partial charge in [0.1, 0.15) is 0 Å². The largest absolute Gasteiger partial charge is 0.493 e. The van der Waals surface area contributed by atoms with E-state index in [1.807, 2.05) is 18.2 Å². The maximum Gasteiger partial charge on any atom is 0.191 e. The smallest absolute Gasteiger partial charge is 0.191 e. The van der Waals surface area contributed by atoms with Crippen LogP contribution in [0.5, 0.6) is 11.5 Å². The monoisotopic (exact) mass is 447 g/mol. The zero-order valence-electron chi connectivity index (χ0n) is 14.4. The number of aliphatic imine (C=N–C) groups is 1. The molecule has 2 heterocycles. The summed E-state index contributed by atoms with van der Waals surface area (Å²) in [6.45, 7) is 0.668. The Morgan fingerprint density at radius 3 is 2.62 bits per heavy atom. The lowest BCUT2D eigenvalue weighted by atomic mass is 9.96. The highest BCUT2D eigenvalue weighted by atomic mass is 127. The van der Waals surface area contributed by atoms with Crippen LogP contribution in [0.1, 0.15) is 24.8 Å². The summed E-state index contributed by atoms with van der Waals surface area (Å²) in [5, 5.41) is 6.82. The number of nitrogens with zero attached hydrogens (tertiary/aromatic N) is 1. The zero-order chi connectivity index (χ0) is 16.2. The molecule has 0 amide bonds. The van der Waals surface area contributed by atoms with Crippen LogP contribution >= 0.6 is 24.0 Å². The Morgan fingerprint density at radius 1 is 1.25 bits per heavy atom. The quantitative estimate of drug-likeness (QED) is 0.412. The highest BCUT2D eigenvalue weighted by molar-refractivity contribution is 14.0. The van der Waals surface area contributed by atoms with E-state index in [1.54, 1.807) is 21.3 Å². The van der Waals surface area contributed by atoms with Gasteiger partial charge >= 0.3 is 0 Å². The van der Waals surface area contributed by atoms with Crippen molar-refractivity contribution in [3.8, 4) is 11.5 Å². The van der Waals surface area contributed by atoms with Gasteiger partial charge in [-0.15, -0.1) is 24.0 Å². The summed E-state index contributed by atoms with van der Waals surface area (Å²) >= 11 is 0. The highest BCUT2D eigenvalue weighted by Crippen LogP contribution is 2.34. The van der Waals surface area contributed by atoms with E-state index in [0.29, 0.717) is 24.8 Å². The lowest BCUT2D eigenvalue weighted by molar-refractivity contribution is 0.0992. The summed E-state index contributed by atoms with van der Waals surface area (Å²) in [5.41, 5.74) is 1.11. The van der Waals surface area contributed by atoms with Crippen LogP contribution in [-0.4, -0.2) is 45.5 Å². The standard InChI is InChI=1S/C17H25N3O3.HI/c1-18-17(20-13-9-12-5-7-14(13)23-12)19-10-11-4-6-15(21-2)16(8-11)22-3;/h4,6,8,12-14H,5,7,9-10H2,1-3H3,(H2,18,19,20);1H. The molecule has 0 aliphatic carbocycles. The Bertz CT molecular complexity index is 582. The van der Waals surface area contributed by atoms with E-state index < -0.39 is 0 Å². The molecule has 0 saturated carbocycles. The molecule has 2 fully saturated rings. The third-order valence-electron chi connectivity index (χ3n) is 4.56. The molecule has 3 atom stereocenters. The summed E-state index contributed by atoms with van der Waals surface area (Å²) in [4.78, 5) is 4.31. The number of nitrogens with one attached hydrogen (secondary N) is 2. The minimum absolute atomic E-state index is 0. The van der Waals surface area contributed by atoms with Crippen LogP contribution in [0, 0.1) is 0 Å². The van der Waals surface area contributed by atoms with Crippen molar-refractivity contribution < 1.29 is 14.2 Å². The van der Waals surface area contributed by atoms with Crippen LogP contribution in [0.15, 0.2) is 23.2 Å². The molecular weight excluding hydrogens is 421 g/mol. The van der Waals surface area contributed by atoms with Crippen molar-refractivity contribution in [1.82, 2.24) is 10.6 Å². The molecule has 0 aromatic heterocycles. The van der Waals surface area contributed by atoms with Crippen molar-refractivity contribution in [1.29, 1.82) is 0 Å². The lowest BCUT2D eigenvalue weighted by Crippen LogP contribution is -2.47. The van der Waals surface area contributed by atoms with Gasteiger partial charge in [-0.05, 0) is 37.0 Å². The molecule has 134 valence electrons. The van der Waals surface area contributed by atoms with Gasteiger partial charge in [-0.3, -0.25) is 4.99 Å². The van der Waals surface area contributed by atoms with Gasteiger partial charge in [0.15, 0.2) is 17.5 Å². The number of methoxy groups -OCH3 is 2. The fourth-order valence-corrected chi connectivity index (χ4v) is 3.34. The first kappa shape index (κ1) is 19.1.